The van der Waals surface area contributed by atoms with Gasteiger partial charge in [-0.15, -0.1) is 10.2 Å². The number of hydrogen-bond acceptors (Lipinski definition) is 4. The summed E-state index contributed by atoms with van der Waals surface area (Å²) in [6.07, 6.45) is 0. The van der Waals surface area contributed by atoms with Gasteiger partial charge in [0.25, 0.3) is 5.03 Å². The van der Waals surface area contributed by atoms with Crippen LogP contribution in [0.2, 0.25) is 0 Å². The van der Waals surface area contributed by atoms with Crippen molar-refractivity contribution in [1.29, 1.82) is 0 Å². The third-order valence-corrected chi connectivity index (χ3v) is 2.78. The molecule has 2 N–H and O–H groups in total. The van der Waals surface area contributed by atoms with Crippen molar-refractivity contribution < 1.29 is 4.55 Å². The molecule has 72 valence electrons. The molecule has 0 amide bonds. The molecule has 0 saturated heterocycles. The zero-order valence-electron chi connectivity index (χ0n) is 7.43. The fourth-order valence-corrected chi connectivity index (χ4v) is 1.90. The average Bonchev–Trinajstić information content (AvgIpc) is 2.46. The van der Waals surface area contributed by atoms with Crippen LogP contribution in [0.15, 0.2) is 11.1 Å². The van der Waals surface area contributed by atoms with Gasteiger partial charge in [0.2, 0.25) is 0 Å². The van der Waals surface area contributed by atoms with Crippen LogP contribution in [0.5, 0.6) is 0 Å². The minimum atomic E-state index is -1.46. The smallest absolute Gasteiger partial charge is 0.284 e. The Morgan fingerprint density at radius 1 is 1.62 bits per heavy atom. The first-order chi connectivity index (χ1) is 6.16. The molecule has 6 heteroatoms. The number of hydrogen-bond donors (Lipinski definition) is 1. The highest BCUT2D eigenvalue weighted by Crippen LogP contribution is 2.14. The molecule has 0 saturated carbocycles. The lowest BCUT2D eigenvalue weighted by Gasteiger charge is -2.22. The van der Waals surface area contributed by atoms with E-state index in [1.807, 2.05) is 10.7 Å². The predicted molar refractivity (Wildman–Crippen MR) is 49.2 cm³/mol. The van der Waals surface area contributed by atoms with Crippen LogP contribution < -0.4 is 5.14 Å². The van der Waals surface area contributed by atoms with Gasteiger partial charge in [-0.3, -0.25) is 9.58 Å². The summed E-state index contributed by atoms with van der Waals surface area (Å²) >= 11 is -1.46. The zero-order valence-corrected chi connectivity index (χ0v) is 8.25. The van der Waals surface area contributed by atoms with E-state index < -0.39 is 11.4 Å². The van der Waals surface area contributed by atoms with Gasteiger partial charge in [-0.05, 0) is 7.05 Å². The molecular weight excluding hydrogens is 188 g/mol. The summed E-state index contributed by atoms with van der Waals surface area (Å²) in [5, 5.41) is 9.87. The fraction of sp³-hybridized carbons (Fsp3) is 0.571. The molecule has 1 aromatic heterocycles. The van der Waals surface area contributed by atoms with Gasteiger partial charge in [0.15, 0.2) is 0 Å². The second kappa shape index (κ2) is 3.30. The van der Waals surface area contributed by atoms with Crippen molar-refractivity contribution in [3.05, 3.63) is 11.8 Å². The fourth-order valence-electron chi connectivity index (χ4n) is 1.47. The normalized spacial score (nSPS) is 19.9. The summed E-state index contributed by atoms with van der Waals surface area (Å²) in [4.78, 5) is 2.19. The largest absolute Gasteiger partial charge is 0.592 e. The number of aromatic nitrogens is 2. The number of nitrogens with zero attached hydrogens (tertiary/aromatic N) is 3. The highest BCUT2D eigenvalue weighted by atomic mass is 32.2. The maximum absolute atomic E-state index is 10.9. The summed E-state index contributed by atoms with van der Waals surface area (Å²) in [5.41, 5.74) is 1.09. The lowest BCUT2D eigenvalue weighted by atomic mass is 10.3. The van der Waals surface area contributed by atoms with Gasteiger partial charge in [0, 0.05) is 19.2 Å². The van der Waals surface area contributed by atoms with E-state index in [0.717, 1.165) is 25.3 Å². The maximum atomic E-state index is 10.9. The molecule has 0 bridgehead atoms. The van der Waals surface area contributed by atoms with Crippen molar-refractivity contribution in [2.75, 3.05) is 13.6 Å². The molecule has 0 fully saturated rings. The number of nitrogens with two attached hydrogens (primary N) is 1. The van der Waals surface area contributed by atoms with Crippen molar-refractivity contribution >= 4 is 11.4 Å². The van der Waals surface area contributed by atoms with Crippen molar-refractivity contribution in [1.82, 2.24) is 14.7 Å². The molecule has 1 aliphatic rings. The Morgan fingerprint density at radius 2 is 2.38 bits per heavy atom. The molecule has 0 radical (unpaired) electrons. The SMILES string of the molecule is CN1CCn2nc([S+](N)[O-])cc2C1. The third-order valence-electron chi connectivity index (χ3n) is 2.17. The lowest BCUT2D eigenvalue weighted by Crippen LogP contribution is -2.30. The molecule has 1 atom stereocenters. The van der Waals surface area contributed by atoms with Crippen molar-refractivity contribution in [2.24, 2.45) is 5.14 Å². The molecule has 0 aliphatic carbocycles. The van der Waals surface area contributed by atoms with Gasteiger partial charge in [0.1, 0.15) is 0 Å². The van der Waals surface area contributed by atoms with Crippen LogP contribution in [0.4, 0.5) is 0 Å². The van der Waals surface area contributed by atoms with E-state index in [1.54, 1.807) is 0 Å². The van der Waals surface area contributed by atoms with Crippen molar-refractivity contribution in [2.45, 2.75) is 18.1 Å². The average molecular weight is 200 g/mol. The molecule has 0 spiro atoms. The third kappa shape index (κ3) is 1.71. The first-order valence-electron chi connectivity index (χ1n) is 4.08. The molecule has 5 nitrogen and oxygen atoms in total. The second-order valence-corrected chi connectivity index (χ2v) is 4.25. The number of fused-ring (bicyclic) bond motifs is 1. The molecule has 13 heavy (non-hydrogen) atoms. The van der Waals surface area contributed by atoms with Gasteiger partial charge in [-0.2, -0.15) is 0 Å². The summed E-state index contributed by atoms with van der Waals surface area (Å²) in [6, 6.07) is 1.81. The lowest BCUT2D eigenvalue weighted by molar-refractivity contribution is 0.258. The standard InChI is InChI=1S/C7H12N4OS/c1-10-2-3-11-6(5-10)4-7(9-11)13(8)12/h4H,2-3,5,8H2,1H3. The van der Waals surface area contributed by atoms with Gasteiger partial charge < -0.3 is 4.55 Å². The second-order valence-electron chi connectivity index (χ2n) is 3.23. The Balaban J connectivity index is 2.28. The molecule has 1 aliphatic heterocycles. The Morgan fingerprint density at radius 3 is 3.08 bits per heavy atom. The highest BCUT2D eigenvalue weighted by molar-refractivity contribution is 7.89. The Bertz CT molecular complexity index is 311. The van der Waals surface area contributed by atoms with Crippen LogP contribution in [0, 0.1) is 0 Å². The summed E-state index contributed by atoms with van der Waals surface area (Å²) in [5.74, 6) is 0. The van der Waals surface area contributed by atoms with E-state index in [-0.39, 0.29) is 0 Å². The van der Waals surface area contributed by atoms with Crippen LogP contribution >= 0.6 is 0 Å². The van der Waals surface area contributed by atoms with Crippen LogP contribution in [-0.2, 0) is 24.5 Å². The van der Waals surface area contributed by atoms with Gasteiger partial charge in [-0.1, -0.05) is 0 Å². The minimum Gasteiger partial charge on any atom is -0.592 e. The van der Waals surface area contributed by atoms with Crippen molar-refractivity contribution in [3.8, 4) is 0 Å². The highest BCUT2D eigenvalue weighted by Gasteiger charge is 2.19. The Hall–Kier alpha value is -0.560. The van der Waals surface area contributed by atoms with Crippen LogP contribution in [0.3, 0.4) is 0 Å². The van der Waals surface area contributed by atoms with Gasteiger partial charge in [-0.25, -0.2) is 0 Å². The molecular formula is C7H12N4OS. The van der Waals surface area contributed by atoms with E-state index in [0.29, 0.717) is 5.03 Å². The monoisotopic (exact) mass is 200 g/mol. The molecule has 1 unspecified atom stereocenters. The molecule has 2 rings (SSSR count). The maximum Gasteiger partial charge on any atom is 0.284 e. The topological polar surface area (TPSA) is 70.1 Å². The van der Waals surface area contributed by atoms with Crippen LogP contribution in [-0.4, -0.2) is 32.8 Å². The van der Waals surface area contributed by atoms with E-state index in [9.17, 15) is 4.55 Å². The Labute approximate surface area is 79.8 Å². The Kier molecular flexibility index (Phi) is 2.29. The predicted octanol–water partition coefficient (Wildman–Crippen LogP) is -0.690. The van der Waals surface area contributed by atoms with Gasteiger partial charge >= 0.3 is 0 Å². The first-order valence-corrected chi connectivity index (χ1v) is 5.29. The minimum absolute atomic E-state index is 0.477. The number of rotatable bonds is 1. The molecule has 1 aromatic rings. The van der Waals surface area contributed by atoms with E-state index in [2.05, 4.69) is 17.0 Å². The van der Waals surface area contributed by atoms with Crippen LogP contribution in [0.1, 0.15) is 5.69 Å². The van der Waals surface area contributed by atoms with Crippen LogP contribution in [0.25, 0.3) is 0 Å². The zero-order chi connectivity index (χ0) is 9.42. The quantitative estimate of drug-likeness (QED) is 0.609. The number of likely N-dealkylation sites (N-methyl/N-ethyl adjacent to an activating group) is 1. The van der Waals surface area contributed by atoms with E-state index in [1.165, 1.54) is 0 Å². The first kappa shape index (κ1) is 9.01. The summed E-state index contributed by atoms with van der Waals surface area (Å²) in [6.45, 7) is 2.68. The molecule has 0 aromatic carbocycles. The summed E-state index contributed by atoms with van der Waals surface area (Å²) < 4.78 is 12.8. The van der Waals surface area contributed by atoms with E-state index in [4.69, 9.17) is 5.14 Å². The van der Waals surface area contributed by atoms with Crippen molar-refractivity contribution in [3.63, 3.8) is 0 Å². The molecule has 2 heterocycles. The summed E-state index contributed by atoms with van der Waals surface area (Å²) in [7, 11) is 2.05. The van der Waals surface area contributed by atoms with Gasteiger partial charge in [0.05, 0.1) is 23.6 Å². The van der Waals surface area contributed by atoms with E-state index >= 15 is 0 Å².